The van der Waals surface area contributed by atoms with E-state index < -0.39 is 5.97 Å². The minimum atomic E-state index is -0.552. The predicted molar refractivity (Wildman–Crippen MR) is 113 cm³/mol. The maximum absolute atomic E-state index is 12.7. The Kier molecular flexibility index (Phi) is 6.46. The second-order valence-electron chi connectivity index (χ2n) is 7.18. The summed E-state index contributed by atoms with van der Waals surface area (Å²) in [6.45, 7) is 0.954. The zero-order valence-electron chi connectivity index (χ0n) is 16.9. The minimum absolute atomic E-state index is 0.115. The van der Waals surface area contributed by atoms with Gasteiger partial charge < -0.3 is 19.5 Å². The van der Waals surface area contributed by atoms with Crippen LogP contribution in [0.1, 0.15) is 15.9 Å². The van der Waals surface area contributed by atoms with Crippen LogP contribution < -0.4 is 10.2 Å². The summed E-state index contributed by atoms with van der Waals surface area (Å²) in [4.78, 5) is 26.5. The molecule has 1 aromatic heterocycles. The van der Waals surface area contributed by atoms with Crippen molar-refractivity contribution in [3.8, 4) is 0 Å². The molecule has 3 rings (SSSR count). The van der Waals surface area contributed by atoms with E-state index in [4.69, 9.17) is 4.74 Å². The number of likely N-dealkylation sites (N-methyl/N-ethyl adjacent to an activating group) is 1. The standard InChI is InChI=1S/C23H25N3O3/c1-25(2)13-14-29-23(28)20(24-22(27)17-9-5-4-6-10-17)15-18-16-26(3)21-12-8-7-11-19(18)21/h4-12,15-16H,13-14H2,1-3H3,(H,24,27)/p+1/b20-15-. The van der Waals surface area contributed by atoms with Crippen molar-refractivity contribution in [1.82, 2.24) is 9.88 Å². The van der Waals surface area contributed by atoms with Gasteiger partial charge in [0.15, 0.2) is 0 Å². The van der Waals surface area contributed by atoms with Crippen LogP contribution in [0.2, 0.25) is 0 Å². The monoisotopic (exact) mass is 392 g/mol. The normalized spacial score (nSPS) is 11.7. The van der Waals surface area contributed by atoms with Crippen molar-refractivity contribution in [3.63, 3.8) is 0 Å². The lowest BCUT2D eigenvalue weighted by Crippen LogP contribution is -3.06. The third-order valence-electron chi connectivity index (χ3n) is 4.57. The number of nitrogens with one attached hydrogen (secondary N) is 2. The first-order chi connectivity index (χ1) is 14.0. The van der Waals surface area contributed by atoms with E-state index in [9.17, 15) is 9.59 Å². The number of carbonyl (C=O) groups is 2. The lowest BCUT2D eigenvalue weighted by atomic mass is 10.1. The molecule has 0 spiro atoms. The predicted octanol–water partition coefficient (Wildman–Crippen LogP) is 1.64. The number of aryl methyl sites for hydroxylation is 1. The highest BCUT2D eigenvalue weighted by Gasteiger charge is 2.17. The highest BCUT2D eigenvalue weighted by molar-refractivity contribution is 6.04. The molecule has 0 aliphatic heterocycles. The number of hydrogen-bond donors (Lipinski definition) is 2. The summed E-state index contributed by atoms with van der Waals surface area (Å²) in [5.74, 6) is -0.907. The van der Waals surface area contributed by atoms with Crippen LogP contribution in [-0.2, 0) is 16.6 Å². The van der Waals surface area contributed by atoms with Crippen LogP contribution in [0.3, 0.4) is 0 Å². The van der Waals surface area contributed by atoms with E-state index in [2.05, 4.69) is 5.32 Å². The highest BCUT2D eigenvalue weighted by atomic mass is 16.5. The van der Waals surface area contributed by atoms with Gasteiger partial charge in [0.1, 0.15) is 18.8 Å². The Morgan fingerprint density at radius 1 is 1.07 bits per heavy atom. The summed E-state index contributed by atoms with van der Waals surface area (Å²) < 4.78 is 7.38. The summed E-state index contributed by atoms with van der Waals surface area (Å²) >= 11 is 0. The van der Waals surface area contributed by atoms with Gasteiger partial charge in [0.25, 0.3) is 5.91 Å². The largest absolute Gasteiger partial charge is 0.455 e. The molecule has 2 aromatic carbocycles. The number of benzene rings is 2. The van der Waals surface area contributed by atoms with Gasteiger partial charge in [-0.2, -0.15) is 0 Å². The van der Waals surface area contributed by atoms with Gasteiger partial charge in [0, 0.05) is 35.3 Å². The summed E-state index contributed by atoms with van der Waals surface area (Å²) in [6.07, 6.45) is 3.60. The number of esters is 1. The Hall–Kier alpha value is -3.38. The summed E-state index contributed by atoms with van der Waals surface area (Å²) in [5, 5.41) is 3.72. The van der Waals surface area contributed by atoms with Gasteiger partial charge in [-0.3, -0.25) is 4.79 Å². The number of rotatable bonds is 7. The number of ether oxygens (including phenoxy) is 1. The number of hydrogen-bond acceptors (Lipinski definition) is 3. The first-order valence-corrected chi connectivity index (χ1v) is 9.54. The van der Waals surface area contributed by atoms with Crippen molar-refractivity contribution in [2.75, 3.05) is 27.2 Å². The maximum Gasteiger partial charge on any atom is 0.355 e. The molecule has 0 aliphatic rings. The van der Waals surface area contributed by atoms with Gasteiger partial charge in [0.2, 0.25) is 0 Å². The van der Waals surface area contributed by atoms with Gasteiger partial charge >= 0.3 is 5.97 Å². The van der Waals surface area contributed by atoms with Crippen LogP contribution in [0, 0.1) is 0 Å². The molecule has 29 heavy (non-hydrogen) atoms. The van der Waals surface area contributed by atoms with E-state index >= 15 is 0 Å². The van der Waals surface area contributed by atoms with E-state index in [1.54, 1.807) is 30.3 Å². The van der Waals surface area contributed by atoms with Gasteiger partial charge in [-0.25, -0.2) is 4.79 Å². The molecule has 0 unspecified atom stereocenters. The minimum Gasteiger partial charge on any atom is -0.455 e. The number of aromatic nitrogens is 1. The van der Waals surface area contributed by atoms with E-state index in [1.165, 1.54) is 4.90 Å². The molecule has 0 fully saturated rings. The molecule has 0 radical (unpaired) electrons. The van der Waals surface area contributed by atoms with Crippen molar-refractivity contribution in [1.29, 1.82) is 0 Å². The third-order valence-corrected chi connectivity index (χ3v) is 4.57. The van der Waals surface area contributed by atoms with Crippen LogP contribution in [0.5, 0.6) is 0 Å². The van der Waals surface area contributed by atoms with Crippen molar-refractivity contribution in [2.45, 2.75) is 0 Å². The second-order valence-corrected chi connectivity index (χ2v) is 7.18. The lowest BCUT2D eigenvalue weighted by molar-refractivity contribution is -0.858. The number of amides is 1. The van der Waals surface area contributed by atoms with Crippen molar-refractivity contribution < 1.29 is 19.2 Å². The van der Waals surface area contributed by atoms with Crippen LogP contribution >= 0.6 is 0 Å². The molecule has 6 heteroatoms. The molecule has 0 atom stereocenters. The molecule has 0 saturated heterocycles. The zero-order valence-corrected chi connectivity index (χ0v) is 16.9. The highest BCUT2D eigenvalue weighted by Crippen LogP contribution is 2.22. The number of carbonyl (C=O) groups excluding carboxylic acids is 2. The summed E-state index contributed by atoms with van der Waals surface area (Å²) in [7, 11) is 5.91. The summed E-state index contributed by atoms with van der Waals surface area (Å²) in [5.41, 5.74) is 2.46. The van der Waals surface area contributed by atoms with E-state index in [1.807, 2.05) is 62.2 Å². The average molecular weight is 392 g/mol. The molecule has 2 N–H and O–H groups in total. The second kappa shape index (κ2) is 9.21. The smallest absolute Gasteiger partial charge is 0.355 e. The summed E-state index contributed by atoms with van der Waals surface area (Å²) in [6, 6.07) is 16.7. The SMILES string of the molecule is Cn1cc(/C=C(\NC(=O)c2ccccc2)C(=O)OCC[NH+](C)C)c2ccccc21. The first-order valence-electron chi connectivity index (χ1n) is 9.54. The molecule has 0 saturated carbocycles. The fourth-order valence-corrected chi connectivity index (χ4v) is 3.00. The topological polar surface area (TPSA) is 64.8 Å². The maximum atomic E-state index is 12.7. The first kappa shape index (κ1) is 20.4. The molecule has 1 amide bonds. The van der Waals surface area contributed by atoms with E-state index in [0.29, 0.717) is 12.1 Å². The van der Waals surface area contributed by atoms with Crippen LogP contribution in [-0.4, -0.2) is 43.7 Å². The van der Waals surface area contributed by atoms with Gasteiger partial charge in [-0.1, -0.05) is 36.4 Å². The Balaban J connectivity index is 1.92. The molecular formula is C23H26N3O3+. The Labute approximate surface area is 170 Å². The van der Waals surface area contributed by atoms with Gasteiger partial charge in [-0.05, 0) is 24.3 Å². The third kappa shape index (κ3) is 5.12. The number of fused-ring (bicyclic) bond motifs is 1. The molecular weight excluding hydrogens is 366 g/mol. The van der Waals surface area contributed by atoms with Gasteiger partial charge in [-0.15, -0.1) is 0 Å². The fourth-order valence-electron chi connectivity index (χ4n) is 3.00. The van der Waals surface area contributed by atoms with Crippen molar-refractivity contribution in [2.24, 2.45) is 7.05 Å². The molecule has 6 nitrogen and oxygen atoms in total. The average Bonchev–Trinajstić information content (AvgIpc) is 3.03. The quantitative estimate of drug-likeness (QED) is 0.475. The van der Waals surface area contributed by atoms with Crippen molar-refractivity contribution in [3.05, 3.63) is 77.6 Å². The van der Waals surface area contributed by atoms with E-state index in [-0.39, 0.29) is 18.2 Å². The number of quaternary nitrogens is 1. The number of para-hydroxylation sites is 1. The van der Waals surface area contributed by atoms with Crippen LogP contribution in [0.25, 0.3) is 17.0 Å². The Bertz CT molecular complexity index is 1040. The fraction of sp³-hybridized carbons (Fsp3) is 0.217. The van der Waals surface area contributed by atoms with Crippen LogP contribution in [0.4, 0.5) is 0 Å². The lowest BCUT2D eigenvalue weighted by Gasteiger charge is -2.11. The van der Waals surface area contributed by atoms with Crippen LogP contribution in [0.15, 0.2) is 66.5 Å². The van der Waals surface area contributed by atoms with Gasteiger partial charge in [0.05, 0.1) is 14.1 Å². The molecule has 1 heterocycles. The zero-order chi connectivity index (χ0) is 20.8. The number of nitrogens with zero attached hydrogens (tertiary/aromatic N) is 1. The van der Waals surface area contributed by atoms with Crippen molar-refractivity contribution >= 4 is 28.9 Å². The molecule has 3 aromatic rings. The molecule has 0 aliphatic carbocycles. The molecule has 150 valence electrons. The Morgan fingerprint density at radius 3 is 2.48 bits per heavy atom. The molecule has 0 bridgehead atoms. The Morgan fingerprint density at radius 2 is 1.76 bits per heavy atom. The van der Waals surface area contributed by atoms with E-state index in [0.717, 1.165) is 16.5 Å².